The number of carbonyl (C=O) groups excluding carboxylic acids is 1. The van der Waals surface area contributed by atoms with Gasteiger partial charge in [0.15, 0.2) is 6.29 Å². The van der Waals surface area contributed by atoms with Crippen LogP contribution in [0, 0.1) is 17.8 Å². The van der Waals surface area contributed by atoms with Crippen molar-refractivity contribution in [2.75, 3.05) is 19.8 Å². The number of ether oxygens (including phenoxy) is 3. The van der Waals surface area contributed by atoms with Gasteiger partial charge in [-0.2, -0.15) is 0 Å². The van der Waals surface area contributed by atoms with Crippen molar-refractivity contribution in [3.8, 4) is 0 Å². The maximum atomic E-state index is 11.3. The summed E-state index contributed by atoms with van der Waals surface area (Å²) in [6.07, 6.45) is 3.60. The van der Waals surface area contributed by atoms with E-state index in [4.69, 9.17) is 14.2 Å². The summed E-state index contributed by atoms with van der Waals surface area (Å²) in [6, 6.07) is 0. The highest BCUT2D eigenvalue weighted by atomic mass is 16.7. The molecular formula is C15H25O4. The molecule has 1 aliphatic rings. The Balaban J connectivity index is 2.48. The molecule has 1 rings (SSSR count). The molecule has 4 nitrogen and oxygen atoms in total. The van der Waals surface area contributed by atoms with E-state index in [0.717, 1.165) is 6.42 Å². The highest BCUT2D eigenvalue weighted by Gasteiger charge is 2.39. The summed E-state index contributed by atoms with van der Waals surface area (Å²) in [6.45, 7) is 13.3. The van der Waals surface area contributed by atoms with Crippen molar-refractivity contribution in [3.63, 3.8) is 0 Å². The molecule has 4 heteroatoms. The monoisotopic (exact) mass is 269 g/mol. The molecule has 0 aliphatic carbocycles. The van der Waals surface area contributed by atoms with E-state index < -0.39 is 0 Å². The van der Waals surface area contributed by atoms with E-state index in [1.807, 2.05) is 13.8 Å². The number of rotatable bonds is 5. The first-order valence-electron chi connectivity index (χ1n) is 6.71. The zero-order chi connectivity index (χ0) is 14.5. The molecule has 0 N–H and O–H groups in total. The first-order valence-corrected chi connectivity index (χ1v) is 6.71. The third kappa shape index (κ3) is 4.62. The zero-order valence-corrected chi connectivity index (χ0v) is 12.4. The Bertz CT molecular complexity index is 325. The number of allylic oxidation sites excluding steroid dienone is 1. The molecule has 0 atom stereocenters. The predicted molar refractivity (Wildman–Crippen MR) is 73.3 cm³/mol. The average Bonchev–Trinajstić information content (AvgIpc) is 2.37. The molecule has 0 spiro atoms. The molecule has 0 saturated carbocycles. The Morgan fingerprint density at radius 3 is 2.53 bits per heavy atom. The summed E-state index contributed by atoms with van der Waals surface area (Å²) in [7, 11) is 0. The van der Waals surface area contributed by atoms with Crippen molar-refractivity contribution in [1.29, 1.82) is 0 Å². The summed E-state index contributed by atoms with van der Waals surface area (Å²) in [5.74, 6) is -0.341. The topological polar surface area (TPSA) is 44.8 Å². The lowest BCUT2D eigenvalue weighted by Crippen LogP contribution is -2.47. The highest BCUT2D eigenvalue weighted by molar-refractivity contribution is 5.81. The second-order valence-corrected chi connectivity index (χ2v) is 5.90. The Morgan fingerprint density at radius 1 is 1.47 bits per heavy atom. The molecule has 1 fully saturated rings. The molecule has 109 valence electrons. The third-order valence-electron chi connectivity index (χ3n) is 3.36. The summed E-state index contributed by atoms with van der Waals surface area (Å²) in [5, 5.41) is 0. The van der Waals surface area contributed by atoms with Gasteiger partial charge in [-0.1, -0.05) is 26.8 Å². The Morgan fingerprint density at radius 2 is 2.05 bits per heavy atom. The molecule has 1 aliphatic heterocycles. The molecule has 1 radical (unpaired) electrons. The molecule has 19 heavy (non-hydrogen) atoms. The van der Waals surface area contributed by atoms with Crippen LogP contribution >= 0.6 is 0 Å². The van der Waals surface area contributed by atoms with Crippen molar-refractivity contribution in [2.24, 2.45) is 10.8 Å². The van der Waals surface area contributed by atoms with Crippen molar-refractivity contribution in [1.82, 2.24) is 0 Å². The van der Waals surface area contributed by atoms with Crippen LogP contribution in [0.15, 0.2) is 12.2 Å². The van der Waals surface area contributed by atoms with E-state index in [9.17, 15) is 4.79 Å². The molecule has 0 aromatic carbocycles. The summed E-state index contributed by atoms with van der Waals surface area (Å²) in [4.78, 5) is 11.3. The Hall–Kier alpha value is -0.870. The van der Waals surface area contributed by atoms with Gasteiger partial charge in [-0.05, 0) is 20.3 Å². The number of carbonyl (C=O) groups is 1. The first kappa shape index (κ1) is 16.2. The molecule has 0 amide bonds. The van der Waals surface area contributed by atoms with Gasteiger partial charge in [-0.25, -0.2) is 4.79 Å². The van der Waals surface area contributed by atoms with Crippen molar-refractivity contribution in [3.05, 3.63) is 19.1 Å². The lowest BCUT2D eigenvalue weighted by molar-refractivity contribution is -0.267. The van der Waals surface area contributed by atoms with Crippen LogP contribution in [0.5, 0.6) is 0 Å². The van der Waals surface area contributed by atoms with E-state index >= 15 is 0 Å². The van der Waals surface area contributed by atoms with Gasteiger partial charge in [0, 0.05) is 16.9 Å². The van der Waals surface area contributed by atoms with E-state index in [-0.39, 0.29) is 29.7 Å². The second-order valence-electron chi connectivity index (χ2n) is 5.90. The van der Waals surface area contributed by atoms with Crippen molar-refractivity contribution in [2.45, 2.75) is 40.4 Å². The minimum Gasteiger partial charge on any atom is -0.462 e. The molecule has 0 bridgehead atoms. The quantitative estimate of drug-likeness (QED) is 0.568. The fourth-order valence-corrected chi connectivity index (χ4v) is 1.76. The van der Waals surface area contributed by atoms with Gasteiger partial charge in [-0.15, -0.1) is 0 Å². The van der Waals surface area contributed by atoms with Gasteiger partial charge >= 0.3 is 5.97 Å². The van der Waals surface area contributed by atoms with Crippen LogP contribution in [-0.2, 0) is 19.0 Å². The van der Waals surface area contributed by atoms with Gasteiger partial charge in [0.05, 0.1) is 13.2 Å². The normalized spacial score (nSPS) is 28.6. The fraction of sp³-hybridized carbons (Fsp3) is 0.733. The lowest BCUT2D eigenvalue weighted by atomic mass is 9.87. The second kappa shape index (κ2) is 6.53. The summed E-state index contributed by atoms with van der Waals surface area (Å²) < 4.78 is 16.7. The van der Waals surface area contributed by atoms with Gasteiger partial charge in [0.25, 0.3) is 0 Å². The lowest BCUT2D eigenvalue weighted by Gasteiger charge is -2.42. The highest BCUT2D eigenvalue weighted by Crippen LogP contribution is 2.34. The van der Waals surface area contributed by atoms with Crippen molar-refractivity contribution >= 4 is 5.97 Å². The zero-order valence-electron chi connectivity index (χ0n) is 12.4. The molecule has 0 unspecified atom stereocenters. The number of hydrogen-bond donors (Lipinski definition) is 0. The van der Waals surface area contributed by atoms with Crippen LogP contribution in [0.2, 0.25) is 0 Å². The van der Waals surface area contributed by atoms with E-state index in [1.54, 1.807) is 13.0 Å². The molecule has 1 saturated heterocycles. The SMILES string of the molecule is [CH2]C1(CC)COC(C(C)(C)COC(=O)C=CC)OC1. The maximum Gasteiger partial charge on any atom is 0.330 e. The van der Waals surface area contributed by atoms with Crippen LogP contribution in [-0.4, -0.2) is 32.1 Å². The maximum absolute atomic E-state index is 11.3. The van der Waals surface area contributed by atoms with E-state index in [0.29, 0.717) is 13.2 Å². The largest absolute Gasteiger partial charge is 0.462 e. The Labute approximate surface area is 116 Å². The first-order chi connectivity index (χ1) is 8.83. The van der Waals surface area contributed by atoms with Crippen LogP contribution in [0.3, 0.4) is 0 Å². The van der Waals surface area contributed by atoms with Crippen molar-refractivity contribution < 1.29 is 19.0 Å². The van der Waals surface area contributed by atoms with Gasteiger partial charge in [0.1, 0.15) is 6.61 Å². The summed E-state index contributed by atoms with van der Waals surface area (Å²) in [5.41, 5.74) is -0.541. The van der Waals surface area contributed by atoms with Crippen LogP contribution in [0.1, 0.15) is 34.1 Å². The molecular weight excluding hydrogens is 244 g/mol. The number of hydrogen-bond acceptors (Lipinski definition) is 4. The molecule has 0 aromatic rings. The van der Waals surface area contributed by atoms with E-state index in [2.05, 4.69) is 13.8 Å². The smallest absolute Gasteiger partial charge is 0.330 e. The van der Waals surface area contributed by atoms with Gasteiger partial charge in [-0.3, -0.25) is 0 Å². The van der Waals surface area contributed by atoms with Crippen LogP contribution in [0.25, 0.3) is 0 Å². The minimum absolute atomic E-state index is 0.159. The van der Waals surface area contributed by atoms with Gasteiger partial charge in [0.2, 0.25) is 0 Å². The number of esters is 1. The predicted octanol–water partition coefficient (Wildman–Crippen LogP) is 2.74. The van der Waals surface area contributed by atoms with Crippen LogP contribution < -0.4 is 0 Å². The molecule has 0 aromatic heterocycles. The van der Waals surface area contributed by atoms with E-state index in [1.165, 1.54) is 6.08 Å². The average molecular weight is 269 g/mol. The van der Waals surface area contributed by atoms with Crippen LogP contribution in [0.4, 0.5) is 0 Å². The fourth-order valence-electron chi connectivity index (χ4n) is 1.76. The molecule has 1 heterocycles. The Kier molecular flexibility index (Phi) is 5.56. The van der Waals surface area contributed by atoms with Gasteiger partial charge < -0.3 is 14.2 Å². The summed E-state index contributed by atoms with van der Waals surface area (Å²) >= 11 is 0. The standard InChI is InChI=1S/C15H25O4/c1-6-8-12(16)17-9-14(3,4)13-18-10-15(5,7-2)11-19-13/h6,8,13H,5,7,9-11H2,1-4H3. The third-order valence-corrected chi connectivity index (χ3v) is 3.36. The minimum atomic E-state index is -0.383.